The Labute approximate surface area is 101 Å². The lowest BCUT2D eigenvalue weighted by molar-refractivity contribution is 0.806. The van der Waals surface area contributed by atoms with Crippen LogP contribution in [0.5, 0.6) is 0 Å². The van der Waals surface area contributed by atoms with Gasteiger partial charge in [0.05, 0.1) is 0 Å². The predicted octanol–water partition coefficient (Wildman–Crippen LogP) is 3.28. The Hall–Kier alpha value is -0.830. The second-order valence-electron chi connectivity index (χ2n) is 5.31. The number of anilines is 1. The summed E-state index contributed by atoms with van der Waals surface area (Å²) in [6.45, 7) is 4.20. The maximum absolute atomic E-state index is 6.15. The molecular weight excluding hydrogens is 222 g/mol. The molecule has 1 aromatic heterocycles. The number of rotatable bonds is 3. The molecule has 0 radical (unpaired) electrons. The van der Waals surface area contributed by atoms with Gasteiger partial charge in [-0.1, -0.05) is 11.6 Å². The molecule has 0 aliphatic heterocycles. The fourth-order valence-electron chi connectivity index (χ4n) is 1.75. The molecule has 2 aliphatic rings. The van der Waals surface area contributed by atoms with E-state index in [4.69, 9.17) is 11.6 Å². The lowest BCUT2D eigenvalue weighted by Crippen LogP contribution is -2.18. The number of aromatic nitrogens is 2. The minimum atomic E-state index is 0.239. The molecule has 2 saturated carbocycles. The van der Waals surface area contributed by atoms with Crippen molar-refractivity contribution in [2.24, 2.45) is 0 Å². The number of hydrogen-bond acceptors (Lipinski definition) is 3. The number of halogens is 1. The average molecular weight is 238 g/mol. The molecule has 0 aromatic carbocycles. The van der Waals surface area contributed by atoms with Crippen molar-refractivity contribution in [2.45, 2.75) is 51.0 Å². The Balaban J connectivity index is 1.94. The van der Waals surface area contributed by atoms with Crippen molar-refractivity contribution < 1.29 is 0 Å². The summed E-state index contributed by atoms with van der Waals surface area (Å²) >= 11 is 6.15. The number of nitrogens with one attached hydrogen (secondary N) is 1. The van der Waals surface area contributed by atoms with Crippen LogP contribution >= 0.6 is 11.6 Å². The molecule has 3 nitrogen and oxygen atoms in total. The van der Waals surface area contributed by atoms with Crippen LogP contribution in [0.15, 0.2) is 0 Å². The molecule has 4 heteroatoms. The first-order valence-electron chi connectivity index (χ1n) is 5.90. The first-order chi connectivity index (χ1) is 7.57. The Kier molecular flexibility index (Phi) is 2.15. The van der Waals surface area contributed by atoms with Crippen molar-refractivity contribution in [1.82, 2.24) is 9.97 Å². The molecule has 0 unspecified atom stereocenters. The maximum atomic E-state index is 6.15. The van der Waals surface area contributed by atoms with Gasteiger partial charge in [0.1, 0.15) is 16.8 Å². The van der Waals surface area contributed by atoms with E-state index in [1.807, 2.05) is 6.92 Å². The molecule has 2 aliphatic carbocycles. The van der Waals surface area contributed by atoms with Crippen LogP contribution in [0.2, 0.25) is 5.15 Å². The zero-order valence-electron chi connectivity index (χ0n) is 9.68. The highest BCUT2D eigenvalue weighted by Gasteiger charge is 2.38. The SMILES string of the molecule is Cc1c(Cl)nc(C2CC2)nc1NC1(C)CC1. The lowest BCUT2D eigenvalue weighted by Gasteiger charge is -2.15. The van der Waals surface area contributed by atoms with Crippen LogP contribution in [-0.2, 0) is 0 Å². The largest absolute Gasteiger partial charge is 0.365 e. The Morgan fingerprint density at radius 3 is 2.56 bits per heavy atom. The standard InChI is InChI=1S/C12H16ClN3/c1-7-9(13)14-11(8-3-4-8)15-10(7)16-12(2)5-6-12/h8H,3-6H2,1-2H3,(H,14,15,16). The zero-order chi connectivity index (χ0) is 11.3. The van der Waals surface area contributed by atoms with E-state index >= 15 is 0 Å². The first kappa shape index (κ1) is 10.3. The summed E-state index contributed by atoms with van der Waals surface area (Å²) in [7, 11) is 0. The Morgan fingerprint density at radius 1 is 1.31 bits per heavy atom. The van der Waals surface area contributed by atoms with E-state index in [-0.39, 0.29) is 5.54 Å². The third-order valence-corrected chi connectivity index (χ3v) is 3.83. The topological polar surface area (TPSA) is 37.8 Å². The second-order valence-corrected chi connectivity index (χ2v) is 5.66. The molecule has 86 valence electrons. The van der Waals surface area contributed by atoms with E-state index in [9.17, 15) is 0 Å². The maximum Gasteiger partial charge on any atom is 0.137 e. The summed E-state index contributed by atoms with van der Waals surface area (Å²) in [6, 6.07) is 0. The smallest absolute Gasteiger partial charge is 0.137 e. The average Bonchev–Trinajstić information content (AvgIpc) is 3.09. The van der Waals surface area contributed by atoms with E-state index in [0.29, 0.717) is 11.1 Å². The summed E-state index contributed by atoms with van der Waals surface area (Å²) < 4.78 is 0. The second kappa shape index (κ2) is 3.33. The highest BCUT2D eigenvalue weighted by Crippen LogP contribution is 2.42. The molecule has 1 heterocycles. The summed E-state index contributed by atoms with van der Waals surface area (Å²) in [4.78, 5) is 8.97. The highest BCUT2D eigenvalue weighted by molar-refractivity contribution is 6.30. The van der Waals surface area contributed by atoms with Crippen molar-refractivity contribution in [2.75, 3.05) is 5.32 Å². The van der Waals surface area contributed by atoms with Gasteiger partial charge in [-0.15, -0.1) is 0 Å². The fourth-order valence-corrected chi connectivity index (χ4v) is 1.93. The fraction of sp³-hybridized carbons (Fsp3) is 0.667. The summed E-state index contributed by atoms with van der Waals surface area (Å²) in [6.07, 6.45) is 4.84. The Bertz CT molecular complexity index is 436. The van der Waals surface area contributed by atoms with Crippen molar-refractivity contribution in [1.29, 1.82) is 0 Å². The van der Waals surface area contributed by atoms with Gasteiger partial charge in [0.25, 0.3) is 0 Å². The molecule has 0 spiro atoms. The minimum absolute atomic E-state index is 0.239. The van der Waals surface area contributed by atoms with E-state index in [0.717, 1.165) is 17.2 Å². The highest BCUT2D eigenvalue weighted by atomic mass is 35.5. The molecule has 0 atom stereocenters. The van der Waals surface area contributed by atoms with Crippen LogP contribution < -0.4 is 5.32 Å². The van der Waals surface area contributed by atoms with Crippen molar-refractivity contribution >= 4 is 17.4 Å². The lowest BCUT2D eigenvalue weighted by atomic mass is 10.2. The predicted molar refractivity (Wildman–Crippen MR) is 65.0 cm³/mol. The molecule has 0 bridgehead atoms. The van der Waals surface area contributed by atoms with Crippen LogP contribution in [0, 0.1) is 6.92 Å². The van der Waals surface area contributed by atoms with Gasteiger partial charge in [0.2, 0.25) is 0 Å². The number of nitrogens with zero attached hydrogens (tertiary/aromatic N) is 2. The van der Waals surface area contributed by atoms with Crippen LogP contribution in [0.3, 0.4) is 0 Å². The minimum Gasteiger partial charge on any atom is -0.365 e. The van der Waals surface area contributed by atoms with Gasteiger partial charge in [-0.05, 0) is 39.5 Å². The first-order valence-corrected chi connectivity index (χ1v) is 6.27. The van der Waals surface area contributed by atoms with Crippen LogP contribution in [0.4, 0.5) is 5.82 Å². The summed E-state index contributed by atoms with van der Waals surface area (Å²) in [5, 5.41) is 4.09. The van der Waals surface area contributed by atoms with E-state index in [1.54, 1.807) is 0 Å². The quantitative estimate of drug-likeness (QED) is 0.820. The van der Waals surface area contributed by atoms with E-state index in [1.165, 1.54) is 25.7 Å². The van der Waals surface area contributed by atoms with Crippen LogP contribution in [0.25, 0.3) is 0 Å². The van der Waals surface area contributed by atoms with Gasteiger partial charge >= 0.3 is 0 Å². The zero-order valence-corrected chi connectivity index (χ0v) is 10.4. The third kappa shape index (κ3) is 1.88. The van der Waals surface area contributed by atoms with E-state index in [2.05, 4.69) is 22.2 Å². The molecular formula is C12H16ClN3. The van der Waals surface area contributed by atoms with Gasteiger partial charge in [-0.2, -0.15) is 0 Å². The summed E-state index contributed by atoms with van der Waals surface area (Å²) in [5.41, 5.74) is 1.21. The molecule has 16 heavy (non-hydrogen) atoms. The van der Waals surface area contributed by atoms with Crippen molar-refractivity contribution in [3.05, 3.63) is 16.5 Å². The number of hydrogen-bond donors (Lipinski definition) is 1. The molecule has 0 saturated heterocycles. The molecule has 3 rings (SSSR count). The molecule has 1 N–H and O–H groups in total. The van der Waals surface area contributed by atoms with Crippen LogP contribution in [0.1, 0.15) is 49.9 Å². The Morgan fingerprint density at radius 2 is 2.00 bits per heavy atom. The van der Waals surface area contributed by atoms with Gasteiger partial charge < -0.3 is 5.32 Å². The molecule has 2 fully saturated rings. The summed E-state index contributed by atoms with van der Waals surface area (Å²) in [5.74, 6) is 2.40. The van der Waals surface area contributed by atoms with E-state index < -0.39 is 0 Å². The normalized spacial score (nSPS) is 21.9. The van der Waals surface area contributed by atoms with Gasteiger partial charge in [0.15, 0.2) is 0 Å². The third-order valence-electron chi connectivity index (χ3n) is 3.47. The van der Waals surface area contributed by atoms with Gasteiger partial charge in [-0.25, -0.2) is 9.97 Å². The monoisotopic (exact) mass is 237 g/mol. The van der Waals surface area contributed by atoms with Crippen molar-refractivity contribution in [3.8, 4) is 0 Å². The molecule has 0 amide bonds. The van der Waals surface area contributed by atoms with Crippen LogP contribution in [-0.4, -0.2) is 15.5 Å². The van der Waals surface area contributed by atoms with Gasteiger partial charge in [0, 0.05) is 17.0 Å². The van der Waals surface area contributed by atoms with Crippen molar-refractivity contribution in [3.63, 3.8) is 0 Å². The van der Waals surface area contributed by atoms with Gasteiger partial charge in [-0.3, -0.25) is 0 Å². The molecule has 1 aromatic rings.